The summed E-state index contributed by atoms with van der Waals surface area (Å²) < 4.78 is 12.2. The zero-order valence-corrected chi connectivity index (χ0v) is 22.1. The average molecular weight is 478 g/mol. The largest absolute Gasteiger partial charge is 0.495 e. The minimum atomic E-state index is -0.805. The first-order valence-corrected chi connectivity index (χ1v) is 11.7. The molecule has 2 aromatic rings. The molecule has 0 aromatic heterocycles. The molecule has 3 rings (SSSR count). The fraction of sp³-hybridized carbons (Fsp3) is 0.444. The summed E-state index contributed by atoms with van der Waals surface area (Å²) in [6.07, 6.45) is 0.720. The highest BCUT2D eigenvalue weighted by Crippen LogP contribution is 2.36. The van der Waals surface area contributed by atoms with Gasteiger partial charge in [-0.15, -0.1) is 0 Å². The Morgan fingerprint density at radius 3 is 1.94 bits per heavy atom. The Morgan fingerprint density at radius 1 is 0.914 bits per heavy atom. The van der Waals surface area contributed by atoms with Gasteiger partial charge < -0.3 is 9.31 Å². The Bertz CT molecular complexity index is 1130. The van der Waals surface area contributed by atoms with E-state index in [4.69, 9.17) is 9.31 Å². The van der Waals surface area contributed by atoms with E-state index < -0.39 is 29.8 Å². The zero-order chi connectivity index (χ0) is 26.3. The van der Waals surface area contributed by atoms with Crippen LogP contribution >= 0.6 is 0 Å². The number of hydrazine groups is 1. The molecule has 1 saturated heterocycles. The van der Waals surface area contributed by atoms with Crippen LogP contribution in [0.25, 0.3) is 0 Å². The highest BCUT2D eigenvalue weighted by molar-refractivity contribution is 6.63. The van der Waals surface area contributed by atoms with Gasteiger partial charge in [0, 0.05) is 16.7 Å². The molecule has 0 aliphatic carbocycles. The van der Waals surface area contributed by atoms with Gasteiger partial charge in [0.15, 0.2) is 0 Å². The van der Waals surface area contributed by atoms with Gasteiger partial charge in [-0.05, 0) is 92.0 Å². The lowest BCUT2D eigenvalue weighted by atomic mass is 9.75. The molecule has 8 heteroatoms. The molecule has 2 aromatic carbocycles. The molecule has 0 bridgehead atoms. The Labute approximate surface area is 208 Å². The normalized spacial score (nSPS) is 16.7. The summed E-state index contributed by atoms with van der Waals surface area (Å²) in [5.41, 5.74) is 4.39. The second-order valence-corrected chi connectivity index (χ2v) is 11.2. The number of benzene rings is 2. The van der Waals surface area contributed by atoms with E-state index in [1.165, 1.54) is 5.01 Å². The standard InChI is InChI=1S/C27H35BN2O5/c1-17-12-18(2)14-21(13-17)23(32)29-30(25(3,4)5)24(33)19-10-11-20(16-31)22(15-19)28-34-26(6,7)27(8,9)35-28/h10-16H,1-9H3,(H,29,32). The molecular formula is C27H35BN2O5. The van der Waals surface area contributed by atoms with Crippen LogP contribution in [0.2, 0.25) is 0 Å². The number of amides is 2. The molecule has 0 radical (unpaired) electrons. The summed E-state index contributed by atoms with van der Waals surface area (Å²) in [6, 6.07) is 10.3. The van der Waals surface area contributed by atoms with E-state index in [1.54, 1.807) is 30.3 Å². The number of hydrogen-bond donors (Lipinski definition) is 1. The minimum absolute atomic E-state index is 0.302. The molecule has 0 spiro atoms. The second-order valence-electron chi connectivity index (χ2n) is 11.2. The minimum Gasteiger partial charge on any atom is -0.399 e. The molecule has 0 unspecified atom stereocenters. The second kappa shape index (κ2) is 9.24. The summed E-state index contributed by atoms with van der Waals surface area (Å²) in [5, 5.41) is 1.32. The topological polar surface area (TPSA) is 84.9 Å². The van der Waals surface area contributed by atoms with Crippen molar-refractivity contribution in [3.05, 3.63) is 64.2 Å². The molecule has 1 aliphatic rings. The molecule has 35 heavy (non-hydrogen) atoms. The molecule has 1 aliphatic heterocycles. The lowest BCUT2D eigenvalue weighted by molar-refractivity contribution is 0.00578. The van der Waals surface area contributed by atoms with Crippen LogP contribution in [-0.4, -0.2) is 47.0 Å². The quantitative estimate of drug-likeness (QED) is 0.408. The van der Waals surface area contributed by atoms with E-state index in [-0.39, 0.29) is 5.91 Å². The van der Waals surface area contributed by atoms with Gasteiger partial charge in [0.1, 0.15) is 6.29 Å². The van der Waals surface area contributed by atoms with Crippen molar-refractivity contribution in [3.8, 4) is 0 Å². The third-order valence-corrected chi connectivity index (χ3v) is 6.54. The Kier molecular flexibility index (Phi) is 7.03. The van der Waals surface area contributed by atoms with Crippen LogP contribution < -0.4 is 10.9 Å². The molecule has 1 fully saturated rings. The van der Waals surface area contributed by atoms with Crippen LogP contribution in [-0.2, 0) is 9.31 Å². The number of carbonyl (C=O) groups excluding carboxylic acids is 3. The van der Waals surface area contributed by atoms with Gasteiger partial charge in [-0.3, -0.25) is 19.8 Å². The smallest absolute Gasteiger partial charge is 0.399 e. The number of aldehydes is 1. The van der Waals surface area contributed by atoms with Crippen molar-refractivity contribution in [2.24, 2.45) is 0 Å². The van der Waals surface area contributed by atoms with Gasteiger partial charge in [0.25, 0.3) is 11.8 Å². The Morgan fingerprint density at radius 2 is 1.46 bits per heavy atom. The predicted octanol–water partition coefficient (Wildman–Crippen LogP) is 4.00. The summed E-state index contributed by atoms with van der Waals surface area (Å²) >= 11 is 0. The van der Waals surface area contributed by atoms with E-state index >= 15 is 0 Å². The summed E-state index contributed by atoms with van der Waals surface area (Å²) in [7, 11) is -0.805. The van der Waals surface area contributed by atoms with Crippen LogP contribution in [0.15, 0.2) is 36.4 Å². The number of aryl methyl sites for hydroxylation is 2. The number of carbonyl (C=O) groups is 3. The predicted molar refractivity (Wildman–Crippen MR) is 137 cm³/mol. The Hall–Kier alpha value is -2.97. The van der Waals surface area contributed by atoms with Crippen molar-refractivity contribution in [1.29, 1.82) is 0 Å². The van der Waals surface area contributed by atoms with Gasteiger partial charge >= 0.3 is 7.12 Å². The van der Waals surface area contributed by atoms with Crippen LogP contribution in [0.1, 0.15) is 90.7 Å². The summed E-state index contributed by atoms with van der Waals surface area (Å²) in [6.45, 7) is 17.0. The van der Waals surface area contributed by atoms with Crippen molar-refractivity contribution in [2.75, 3.05) is 0 Å². The fourth-order valence-corrected chi connectivity index (χ4v) is 3.91. The van der Waals surface area contributed by atoms with Crippen molar-refractivity contribution in [2.45, 2.75) is 79.1 Å². The zero-order valence-electron chi connectivity index (χ0n) is 22.1. The number of nitrogens with zero attached hydrogens (tertiary/aromatic N) is 1. The molecule has 7 nitrogen and oxygen atoms in total. The van der Waals surface area contributed by atoms with Crippen molar-refractivity contribution in [1.82, 2.24) is 10.4 Å². The first-order valence-electron chi connectivity index (χ1n) is 11.7. The summed E-state index contributed by atoms with van der Waals surface area (Å²) in [5.74, 6) is -0.791. The third-order valence-electron chi connectivity index (χ3n) is 6.54. The molecule has 186 valence electrons. The van der Waals surface area contributed by atoms with E-state index in [1.807, 2.05) is 68.4 Å². The maximum absolute atomic E-state index is 13.7. The molecule has 1 heterocycles. The number of rotatable bonds is 4. The monoisotopic (exact) mass is 478 g/mol. The highest BCUT2D eigenvalue weighted by atomic mass is 16.7. The van der Waals surface area contributed by atoms with Crippen LogP contribution in [0.5, 0.6) is 0 Å². The summed E-state index contributed by atoms with van der Waals surface area (Å²) in [4.78, 5) is 38.5. The number of nitrogens with one attached hydrogen (secondary N) is 1. The van der Waals surface area contributed by atoms with Gasteiger partial charge in [0.05, 0.1) is 16.7 Å². The highest BCUT2D eigenvalue weighted by Gasteiger charge is 2.52. The van der Waals surface area contributed by atoms with Crippen molar-refractivity contribution in [3.63, 3.8) is 0 Å². The lowest BCUT2D eigenvalue weighted by Gasteiger charge is -2.35. The fourth-order valence-electron chi connectivity index (χ4n) is 3.91. The first-order chi connectivity index (χ1) is 16.1. The maximum Gasteiger partial charge on any atom is 0.495 e. The van der Waals surface area contributed by atoms with Crippen molar-refractivity contribution < 1.29 is 23.7 Å². The number of hydrogen-bond acceptors (Lipinski definition) is 5. The first kappa shape index (κ1) is 26.6. The van der Waals surface area contributed by atoms with Crippen LogP contribution in [0.4, 0.5) is 0 Å². The van der Waals surface area contributed by atoms with E-state index in [0.717, 1.165) is 17.4 Å². The van der Waals surface area contributed by atoms with Crippen LogP contribution in [0.3, 0.4) is 0 Å². The van der Waals surface area contributed by atoms with E-state index in [2.05, 4.69) is 5.43 Å². The molecule has 1 N–H and O–H groups in total. The van der Waals surface area contributed by atoms with E-state index in [0.29, 0.717) is 22.2 Å². The lowest BCUT2D eigenvalue weighted by Crippen LogP contribution is -2.56. The Balaban J connectivity index is 1.96. The van der Waals surface area contributed by atoms with Gasteiger partial charge in [-0.2, -0.15) is 0 Å². The molecule has 2 amide bonds. The van der Waals surface area contributed by atoms with Gasteiger partial charge in [0.2, 0.25) is 0 Å². The van der Waals surface area contributed by atoms with Gasteiger partial charge in [-0.1, -0.05) is 23.3 Å². The van der Waals surface area contributed by atoms with Gasteiger partial charge in [-0.25, -0.2) is 5.01 Å². The van der Waals surface area contributed by atoms with Crippen molar-refractivity contribution >= 4 is 30.7 Å². The molecule has 0 atom stereocenters. The molecular weight excluding hydrogens is 443 g/mol. The van der Waals surface area contributed by atoms with Crippen LogP contribution in [0, 0.1) is 13.8 Å². The maximum atomic E-state index is 13.7. The van der Waals surface area contributed by atoms with E-state index in [9.17, 15) is 14.4 Å². The molecule has 0 saturated carbocycles. The third kappa shape index (κ3) is 5.49. The SMILES string of the molecule is Cc1cc(C)cc(C(=O)NN(C(=O)c2ccc(C=O)c(B3OC(C)(C)C(C)(C)O3)c2)C(C)(C)C)c1. The average Bonchev–Trinajstić information content (AvgIpc) is 2.96.